The SMILES string of the molecule is [N-]=[N+]=NCn1cc(-c2ccncc2/C=C/C(=O)N(N)c2ccc3c(c2)CN(CC2(F)CC2)C3)cn1. The van der Waals surface area contributed by atoms with E-state index in [4.69, 9.17) is 11.4 Å². The second-order valence-corrected chi connectivity index (χ2v) is 8.89. The predicted molar refractivity (Wildman–Crippen MR) is 129 cm³/mol. The fourth-order valence-corrected chi connectivity index (χ4v) is 4.25. The van der Waals surface area contributed by atoms with Gasteiger partial charge in [0.05, 0.1) is 11.9 Å². The van der Waals surface area contributed by atoms with E-state index >= 15 is 0 Å². The number of alkyl halides is 1. The zero-order valence-corrected chi connectivity index (χ0v) is 19.0. The zero-order chi connectivity index (χ0) is 24.4. The maximum atomic E-state index is 14.2. The van der Waals surface area contributed by atoms with Gasteiger partial charge in [-0.2, -0.15) is 5.10 Å². The van der Waals surface area contributed by atoms with Gasteiger partial charge < -0.3 is 0 Å². The molecule has 1 fully saturated rings. The number of carbonyl (C=O) groups is 1. The van der Waals surface area contributed by atoms with Crippen molar-refractivity contribution in [2.75, 3.05) is 11.6 Å². The molecular formula is C24H24FN9O. The molecule has 0 spiro atoms. The van der Waals surface area contributed by atoms with Crippen LogP contribution < -0.4 is 10.9 Å². The fourth-order valence-electron chi connectivity index (χ4n) is 4.25. The Hall–Kier alpha value is -4.05. The summed E-state index contributed by atoms with van der Waals surface area (Å²) in [5.41, 5.74) is 12.5. The third-order valence-electron chi connectivity index (χ3n) is 6.27. The minimum Gasteiger partial charge on any atom is -0.292 e. The lowest BCUT2D eigenvalue weighted by atomic mass is 10.0. The topological polar surface area (TPSA) is 129 Å². The Labute approximate surface area is 201 Å². The van der Waals surface area contributed by atoms with Crippen molar-refractivity contribution < 1.29 is 9.18 Å². The number of azide groups is 1. The maximum Gasteiger partial charge on any atom is 0.265 e. The molecule has 10 nitrogen and oxygen atoms in total. The number of hydrogen-bond donors (Lipinski definition) is 1. The van der Waals surface area contributed by atoms with Crippen LogP contribution in [-0.4, -0.2) is 37.8 Å². The molecule has 11 heteroatoms. The molecule has 0 atom stereocenters. The number of rotatable bonds is 8. The fraction of sp³-hybridized carbons (Fsp3) is 0.292. The second-order valence-electron chi connectivity index (χ2n) is 8.89. The molecule has 3 heterocycles. The molecule has 1 saturated carbocycles. The molecule has 2 aliphatic rings. The summed E-state index contributed by atoms with van der Waals surface area (Å²) in [5.74, 6) is 5.74. The van der Waals surface area contributed by atoms with Gasteiger partial charge in [-0.3, -0.25) is 19.4 Å². The Morgan fingerprint density at radius 2 is 2.11 bits per heavy atom. The maximum absolute atomic E-state index is 14.2. The standard InChI is InChI=1S/C24H24FN9O/c25-24(6-7-24)15-32-12-18-1-3-21(9-19(18)13-32)34(27)23(35)4-2-17-10-28-8-5-22(17)20-11-30-33(14-20)16-29-31-26/h1-5,8-11,14H,6-7,12-13,15-16,27H2/b4-2+. The van der Waals surface area contributed by atoms with Gasteiger partial charge in [-0.25, -0.2) is 15.2 Å². The first kappa shape index (κ1) is 22.7. The summed E-state index contributed by atoms with van der Waals surface area (Å²) in [7, 11) is 0. The van der Waals surface area contributed by atoms with Crippen molar-refractivity contribution >= 4 is 17.7 Å². The number of halogens is 1. The lowest BCUT2D eigenvalue weighted by molar-refractivity contribution is -0.114. The molecule has 1 aliphatic carbocycles. The van der Waals surface area contributed by atoms with Crippen molar-refractivity contribution in [1.29, 1.82) is 0 Å². The molecule has 1 amide bonds. The van der Waals surface area contributed by atoms with Crippen LogP contribution >= 0.6 is 0 Å². The van der Waals surface area contributed by atoms with Crippen LogP contribution in [0.5, 0.6) is 0 Å². The van der Waals surface area contributed by atoms with Crippen molar-refractivity contribution in [3.8, 4) is 11.1 Å². The van der Waals surface area contributed by atoms with E-state index in [-0.39, 0.29) is 6.67 Å². The molecule has 3 aromatic rings. The highest BCUT2D eigenvalue weighted by Crippen LogP contribution is 2.42. The summed E-state index contributed by atoms with van der Waals surface area (Å²) in [6.45, 7) is 1.89. The van der Waals surface area contributed by atoms with Crippen LogP contribution in [0.1, 0.15) is 29.5 Å². The summed E-state index contributed by atoms with van der Waals surface area (Å²) in [4.78, 5) is 21.8. The van der Waals surface area contributed by atoms with Gasteiger partial charge in [0.1, 0.15) is 12.3 Å². The number of nitrogens with two attached hydrogens (primary N) is 1. The number of pyridine rings is 1. The first-order chi connectivity index (χ1) is 16.9. The number of hydrazine groups is 1. The van der Waals surface area contributed by atoms with Gasteiger partial charge in [-0.05, 0) is 59.3 Å². The quantitative estimate of drug-likeness (QED) is 0.101. The molecule has 1 aromatic carbocycles. The van der Waals surface area contributed by atoms with E-state index in [1.54, 1.807) is 30.9 Å². The second kappa shape index (κ2) is 9.30. The summed E-state index contributed by atoms with van der Waals surface area (Å²) in [6, 6.07) is 7.47. The minimum atomic E-state index is -1.03. The number of amides is 1. The van der Waals surface area contributed by atoms with E-state index in [2.05, 4.69) is 25.0 Å². The summed E-state index contributed by atoms with van der Waals surface area (Å²) >= 11 is 0. The highest BCUT2D eigenvalue weighted by atomic mass is 19.1. The monoisotopic (exact) mass is 473 g/mol. The Morgan fingerprint density at radius 3 is 2.91 bits per heavy atom. The number of anilines is 1. The van der Waals surface area contributed by atoms with Gasteiger partial charge in [-0.1, -0.05) is 11.2 Å². The van der Waals surface area contributed by atoms with Crippen LogP contribution in [0.4, 0.5) is 10.1 Å². The van der Waals surface area contributed by atoms with E-state index in [0.717, 1.165) is 27.3 Å². The van der Waals surface area contributed by atoms with Crippen molar-refractivity contribution in [3.05, 3.63) is 82.3 Å². The number of fused-ring (bicyclic) bond motifs is 1. The average molecular weight is 474 g/mol. The van der Waals surface area contributed by atoms with Gasteiger partial charge in [0.2, 0.25) is 0 Å². The van der Waals surface area contributed by atoms with Crippen molar-refractivity contribution in [2.45, 2.75) is 38.3 Å². The highest BCUT2D eigenvalue weighted by molar-refractivity contribution is 6.03. The smallest absolute Gasteiger partial charge is 0.265 e. The normalized spacial score (nSPS) is 16.2. The molecule has 1 aliphatic heterocycles. The van der Waals surface area contributed by atoms with Crippen molar-refractivity contribution in [2.24, 2.45) is 11.0 Å². The molecule has 2 N–H and O–H groups in total. The summed E-state index contributed by atoms with van der Waals surface area (Å²) in [6.07, 6.45) is 11.0. The van der Waals surface area contributed by atoms with Crippen LogP contribution in [0.2, 0.25) is 0 Å². The van der Waals surface area contributed by atoms with Crippen molar-refractivity contribution in [3.63, 3.8) is 0 Å². The van der Waals surface area contributed by atoms with Crippen LogP contribution in [0.25, 0.3) is 27.6 Å². The molecule has 0 radical (unpaired) electrons. The Kier molecular flexibility index (Phi) is 6.04. The van der Waals surface area contributed by atoms with Crippen LogP contribution in [0.15, 0.2) is 60.2 Å². The molecule has 178 valence electrons. The highest BCUT2D eigenvalue weighted by Gasteiger charge is 2.45. The van der Waals surface area contributed by atoms with Gasteiger partial charge in [0, 0.05) is 60.3 Å². The van der Waals surface area contributed by atoms with Gasteiger partial charge in [-0.15, -0.1) is 0 Å². The third-order valence-corrected chi connectivity index (χ3v) is 6.27. The average Bonchev–Trinajstić information content (AvgIpc) is 3.23. The van der Waals surface area contributed by atoms with E-state index in [1.807, 2.05) is 24.3 Å². The van der Waals surface area contributed by atoms with Crippen LogP contribution in [-0.2, 0) is 24.6 Å². The van der Waals surface area contributed by atoms with Crippen LogP contribution in [0, 0.1) is 0 Å². The van der Waals surface area contributed by atoms with E-state index < -0.39 is 11.6 Å². The van der Waals surface area contributed by atoms with E-state index in [0.29, 0.717) is 43.7 Å². The van der Waals surface area contributed by atoms with Crippen LogP contribution in [0.3, 0.4) is 0 Å². The Morgan fingerprint density at radius 1 is 1.29 bits per heavy atom. The molecule has 35 heavy (non-hydrogen) atoms. The minimum absolute atomic E-state index is 0.0839. The van der Waals surface area contributed by atoms with Gasteiger partial charge in [0.25, 0.3) is 5.91 Å². The van der Waals surface area contributed by atoms with Crippen molar-refractivity contribution in [1.82, 2.24) is 19.7 Å². The number of nitrogens with zero attached hydrogens (tertiary/aromatic N) is 8. The molecule has 0 unspecified atom stereocenters. The molecule has 2 aromatic heterocycles. The number of hydrogen-bond acceptors (Lipinski definition) is 6. The first-order valence-corrected chi connectivity index (χ1v) is 11.2. The number of carbonyl (C=O) groups excluding carboxylic acids is 1. The predicted octanol–water partition coefficient (Wildman–Crippen LogP) is 3.95. The number of benzene rings is 1. The number of aromatic nitrogens is 3. The van der Waals surface area contributed by atoms with E-state index in [1.165, 1.54) is 10.8 Å². The van der Waals surface area contributed by atoms with Gasteiger partial charge in [0.15, 0.2) is 0 Å². The largest absolute Gasteiger partial charge is 0.292 e. The molecule has 5 rings (SSSR count). The lowest BCUT2D eigenvalue weighted by Gasteiger charge is -2.17. The summed E-state index contributed by atoms with van der Waals surface area (Å²) < 4.78 is 15.7. The Bertz CT molecular complexity index is 1340. The third kappa shape index (κ3) is 5.07. The lowest BCUT2D eigenvalue weighted by Crippen LogP contribution is -2.36. The zero-order valence-electron chi connectivity index (χ0n) is 19.0. The Balaban J connectivity index is 1.28. The summed E-state index contributed by atoms with van der Waals surface area (Å²) in [5, 5.41) is 8.78. The molecule has 0 saturated heterocycles. The van der Waals surface area contributed by atoms with Gasteiger partial charge >= 0.3 is 0 Å². The first-order valence-electron chi connectivity index (χ1n) is 11.2. The van der Waals surface area contributed by atoms with E-state index in [9.17, 15) is 9.18 Å². The molecule has 0 bridgehead atoms. The molecular weight excluding hydrogens is 449 g/mol.